The Morgan fingerprint density at radius 1 is 1.35 bits per heavy atom. The quantitative estimate of drug-likeness (QED) is 0.851. The van der Waals surface area contributed by atoms with Gasteiger partial charge in [-0.3, -0.25) is 0 Å². The maximum atomic E-state index is 11.5. The third kappa shape index (κ3) is 2.56. The van der Waals surface area contributed by atoms with Gasteiger partial charge in [-0.15, -0.1) is 0 Å². The molecule has 4 nitrogen and oxygen atoms in total. The minimum Gasteiger partial charge on any atom is -0.478 e. The van der Waals surface area contributed by atoms with Crippen molar-refractivity contribution < 1.29 is 9.90 Å². The summed E-state index contributed by atoms with van der Waals surface area (Å²) < 4.78 is 2.03. The Kier molecular flexibility index (Phi) is 4.45. The van der Waals surface area contributed by atoms with E-state index in [4.69, 9.17) is 5.73 Å². The standard InChI is InChI=1S/C16H22N2O2/c1-3-11-8-13-12(6-5-7-17)10-18(4-2)15(13)14(9-11)16(19)20/h8-10H,3-7,17H2,1-2H3,(H,19,20). The lowest BCUT2D eigenvalue weighted by Gasteiger charge is -2.07. The van der Waals surface area contributed by atoms with Crippen molar-refractivity contribution in [3.63, 3.8) is 0 Å². The first kappa shape index (κ1) is 14.6. The van der Waals surface area contributed by atoms with Crippen molar-refractivity contribution in [3.05, 3.63) is 35.0 Å². The minimum atomic E-state index is -0.858. The molecule has 0 atom stereocenters. The molecule has 0 aliphatic rings. The maximum Gasteiger partial charge on any atom is 0.337 e. The van der Waals surface area contributed by atoms with E-state index in [9.17, 15) is 9.90 Å². The first-order valence-electron chi connectivity index (χ1n) is 7.20. The van der Waals surface area contributed by atoms with E-state index in [1.54, 1.807) is 6.07 Å². The fourth-order valence-corrected chi connectivity index (χ4v) is 2.68. The summed E-state index contributed by atoms with van der Waals surface area (Å²) >= 11 is 0. The smallest absolute Gasteiger partial charge is 0.337 e. The van der Waals surface area contributed by atoms with Crippen molar-refractivity contribution >= 4 is 16.9 Å². The van der Waals surface area contributed by atoms with Crippen LogP contribution in [0.3, 0.4) is 0 Å². The fraction of sp³-hybridized carbons (Fsp3) is 0.438. The summed E-state index contributed by atoms with van der Waals surface area (Å²) in [7, 11) is 0. The SMILES string of the molecule is CCc1cc(C(=O)O)c2c(c1)c(CCCN)cn2CC. The topological polar surface area (TPSA) is 68.2 Å². The summed E-state index contributed by atoms with van der Waals surface area (Å²) in [6.07, 6.45) is 4.73. The van der Waals surface area contributed by atoms with Crippen molar-refractivity contribution in [2.75, 3.05) is 6.54 Å². The van der Waals surface area contributed by atoms with E-state index in [1.807, 2.05) is 18.4 Å². The number of rotatable bonds is 6. The molecule has 4 heteroatoms. The molecule has 1 aromatic heterocycles. The molecule has 0 saturated carbocycles. The monoisotopic (exact) mass is 274 g/mol. The number of aromatic nitrogens is 1. The Hall–Kier alpha value is -1.81. The summed E-state index contributed by atoms with van der Waals surface area (Å²) in [6.45, 7) is 5.50. The van der Waals surface area contributed by atoms with E-state index >= 15 is 0 Å². The number of carboxylic acids is 1. The van der Waals surface area contributed by atoms with Crippen LogP contribution in [0.1, 0.15) is 41.8 Å². The molecule has 0 aliphatic heterocycles. The van der Waals surface area contributed by atoms with Crippen LogP contribution in [0.5, 0.6) is 0 Å². The highest BCUT2D eigenvalue weighted by molar-refractivity contribution is 6.03. The van der Waals surface area contributed by atoms with Gasteiger partial charge in [0.2, 0.25) is 0 Å². The number of hydrogen-bond acceptors (Lipinski definition) is 2. The normalized spacial score (nSPS) is 11.2. The van der Waals surface area contributed by atoms with Gasteiger partial charge in [0.1, 0.15) is 0 Å². The van der Waals surface area contributed by atoms with Crippen molar-refractivity contribution in [2.24, 2.45) is 5.73 Å². The van der Waals surface area contributed by atoms with Crippen LogP contribution in [-0.2, 0) is 19.4 Å². The van der Waals surface area contributed by atoms with Gasteiger partial charge in [0, 0.05) is 18.1 Å². The number of nitrogens with zero attached hydrogens (tertiary/aromatic N) is 1. The van der Waals surface area contributed by atoms with Gasteiger partial charge in [0.25, 0.3) is 0 Å². The highest BCUT2D eigenvalue weighted by atomic mass is 16.4. The van der Waals surface area contributed by atoms with Crippen LogP contribution in [0.25, 0.3) is 10.9 Å². The Labute approximate surface area is 119 Å². The number of carboxylic acid groups (broad SMARTS) is 1. The molecule has 20 heavy (non-hydrogen) atoms. The molecule has 2 aromatic rings. The highest BCUT2D eigenvalue weighted by Gasteiger charge is 2.17. The van der Waals surface area contributed by atoms with E-state index in [2.05, 4.69) is 12.3 Å². The number of nitrogens with two attached hydrogens (primary N) is 1. The summed E-state index contributed by atoms with van der Waals surface area (Å²) in [6, 6.07) is 3.92. The first-order valence-corrected chi connectivity index (χ1v) is 7.20. The molecule has 0 bridgehead atoms. The van der Waals surface area contributed by atoms with Gasteiger partial charge in [-0.2, -0.15) is 0 Å². The van der Waals surface area contributed by atoms with Crippen LogP contribution >= 0.6 is 0 Å². The molecule has 108 valence electrons. The zero-order chi connectivity index (χ0) is 14.7. The molecule has 0 unspecified atom stereocenters. The second-order valence-corrected chi connectivity index (χ2v) is 5.03. The van der Waals surface area contributed by atoms with Gasteiger partial charge in [0.15, 0.2) is 0 Å². The van der Waals surface area contributed by atoms with Crippen molar-refractivity contribution in [1.29, 1.82) is 0 Å². The van der Waals surface area contributed by atoms with Crippen molar-refractivity contribution in [1.82, 2.24) is 4.57 Å². The van der Waals surface area contributed by atoms with Crippen molar-refractivity contribution in [3.8, 4) is 0 Å². The van der Waals surface area contributed by atoms with Crippen LogP contribution in [0, 0.1) is 0 Å². The summed E-state index contributed by atoms with van der Waals surface area (Å²) in [4.78, 5) is 11.5. The van der Waals surface area contributed by atoms with Gasteiger partial charge in [-0.25, -0.2) is 4.79 Å². The molecule has 0 radical (unpaired) electrons. The molecular formula is C16H22N2O2. The molecule has 0 saturated heterocycles. The van der Waals surface area contributed by atoms with E-state index in [0.29, 0.717) is 12.1 Å². The Bertz CT molecular complexity index is 629. The van der Waals surface area contributed by atoms with Crippen LogP contribution in [-0.4, -0.2) is 22.2 Å². The summed E-state index contributed by atoms with van der Waals surface area (Å²) in [5, 5.41) is 10.5. The van der Waals surface area contributed by atoms with Gasteiger partial charge in [-0.05, 0) is 56.0 Å². The summed E-state index contributed by atoms with van der Waals surface area (Å²) in [5.74, 6) is -0.858. The summed E-state index contributed by atoms with van der Waals surface area (Å²) in [5.41, 5.74) is 9.10. The van der Waals surface area contributed by atoms with Gasteiger partial charge < -0.3 is 15.4 Å². The lowest BCUT2D eigenvalue weighted by atomic mass is 10.0. The third-order valence-corrected chi connectivity index (χ3v) is 3.74. The van der Waals surface area contributed by atoms with E-state index in [1.165, 1.54) is 5.56 Å². The number of carbonyl (C=O) groups is 1. The largest absolute Gasteiger partial charge is 0.478 e. The number of aryl methyl sites for hydroxylation is 3. The average Bonchev–Trinajstić information content (AvgIpc) is 2.81. The van der Waals surface area contributed by atoms with Crippen LogP contribution in [0.4, 0.5) is 0 Å². The van der Waals surface area contributed by atoms with Gasteiger partial charge in [0.05, 0.1) is 11.1 Å². The average molecular weight is 274 g/mol. The highest BCUT2D eigenvalue weighted by Crippen LogP contribution is 2.28. The molecule has 0 spiro atoms. The Morgan fingerprint density at radius 3 is 2.65 bits per heavy atom. The third-order valence-electron chi connectivity index (χ3n) is 3.74. The number of fused-ring (bicyclic) bond motifs is 1. The second-order valence-electron chi connectivity index (χ2n) is 5.03. The molecule has 0 aliphatic carbocycles. The molecule has 3 N–H and O–H groups in total. The predicted octanol–water partition coefficient (Wildman–Crippen LogP) is 2.81. The molecule has 2 rings (SSSR count). The first-order chi connectivity index (χ1) is 9.62. The van der Waals surface area contributed by atoms with Crippen molar-refractivity contribution in [2.45, 2.75) is 39.7 Å². The fourth-order valence-electron chi connectivity index (χ4n) is 2.68. The zero-order valence-corrected chi connectivity index (χ0v) is 12.1. The molecule has 0 fully saturated rings. The molecule has 0 amide bonds. The minimum absolute atomic E-state index is 0.403. The van der Waals surface area contributed by atoms with Crippen LogP contribution in [0.2, 0.25) is 0 Å². The van der Waals surface area contributed by atoms with Crippen LogP contribution < -0.4 is 5.73 Å². The van der Waals surface area contributed by atoms with Crippen LogP contribution in [0.15, 0.2) is 18.3 Å². The predicted molar refractivity (Wildman–Crippen MR) is 81.3 cm³/mol. The number of benzene rings is 1. The van der Waals surface area contributed by atoms with Gasteiger partial charge in [-0.1, -0.05) is 6.92 Å². The second kappa shape index (κ2) is 6.09. The van der Waals surface area contributed by atoms with Gasteiger partial charge >= 0.3 is 5.97 Å². The Balaban J connectivity index is 2.71. The molecule has 1 heterocycles. The Morgan fingerprint density at radius 2 is 2.10 bits per heavy atom. The zero-order valence-electron chi connectivity index (χ0n) is 12.1. The lowest BCUT2D eigenvalue weighted by Crippen LogP contribution is -2.03. The lowest BCUT2D eigenvalue weighted by molar-refractivity contribution is 0.0698. The maximum absolute atomic E-state index is 11.5. The van der Waals surface area contributed by atoms with E-state index in [-0.39, 0.29) is 0 Å². The molecule has 1 aromatic carbocycles. The van der Waals surface area contributed by atoms with E-state index in [0.717, 1.165) is 42.3 Å². The number of aromatic carboxylic acids is 1. The van der Waals surface area contributed by atoms with E-state index < -0.39 is 5.97 Å². The molecular weight excluding hydrogens is 252 g/mol. The number of hydrogen-bond donors (Lipinski definition) is 2.